The number of rotatable bonds is 4. The van der Waals surface area contributed by atoms with Gasteiger partial charge in [-0.15, -0.1) is 0 Å². The number of carbonyl (C=O) groups excluding carboxylic acids is 1. The second-order valence-corrected chi connectivity index (χ2v) is 7.47. The number of fused-ring (bicyclic) bond motifs is 1. The highest BCUT2D eigenvalue weighted by atomic mass is 19.1. The fraction of sp³-hybridized carbons (Fsp3) is 0.174. The summed E-state index contributed by atoms with van der Waals surface area (Å²) < 4.78 is 19.9. The molecular weight excluding hydrogens is 399 g/mol. The standard InChI is InChI=1S/C23H19FN4O3/c1-31-20-5-3-2-4-19(20)27-13-15(10-22(27)29)17-12-23(30)28-21(25-17)11-18(26-28)14-6-8-16(24)9-7-14/h2-9,11-12,15,26H,10,13H2,1H3. The first kappa shape index (κ1) is 19.0. The van der Waals surface area contributed by atoms with Gasteiger partial charge in [0.25, 0.3) is 5.56 Å². The van der Waals surface area contributed by atoms with Crippen LogP contribution in [0.4, 0.5) is 10.1 Å². The molecule has 0 saturated carbocycles. The molecule has 7 nitrogen and oxygen atoms in total. The molecular formula is C23H19FN4O3. The number of aromatic amines is 1. The lowest BCUT2D eigenvalue weighted by Crippen LogP contribution is -2.25. The van der Waals surface area contributed by atoms with Crippen molar-refractivity contribution in [3.63, 3.8) is 0 Å². The Morgan fingerprint density at radius 2 is 1.87 bits per heavy atom. The molecule has 2 aromatic heterocycles. The molecule has 1 amide bonds. The van der Waals surface area contributed by atoms with E-state index >= 15 is 0 Å². The average Bonchev–Trinajstić information content (AvgIpc) is 3.38. The van der Waals surface area contributed by atoms with Crippen LogP contribution in [0.5, 0.6) is 5.75 Å². The molecule has 31 heavy (non-hydrogen) atoms. The molecule has 1 saturated heterocycles. The third kappa shape index (κ3) is 3.35. The first-order valence-electron chi connectivity index (χ1n) is 9.85. The van der Waals surface area contributed by atoms with Gasteiger partial charge in [-0.3, -0.25) is 14.7 Å². The van der Waals surface area contributed by atoms with Crippen LogP contribution >= 0.6 is 0 Å². The van der Waals surface area contributed by atoms with Crippen LogP contribution in [0.3, 0.4) is 0 Å². The number of nitrogens with zero attached hydrogens (tertiary/aromatic N) is 3. The largest absolute Gasteiger partial charge is 0.495 e. The van der Waals surface area contributed by atoms with Crippen molar-refractivity contribution in [3.05, 3.63) is 82.5 Å². The maximum atomic E-state index is 13.2. The molecule has 2 aromatic carbocycles. The summed E-state index contributed by atoms with van der Waals surface area (Å²) in [6, 6.07) is 16.5. The minimum absolute atomic E-state index is 0.0439. The van der Waals surface area contributed by atoms with E-state index in [1.165, 1.54) is 22.7 Å². The predicted molar refractivity (Wildman–Crippen MR) is 114 cm³/mol. The van der Waals surface area contributed by atoms with Crippen molar-refractivity contribution in [2.24, 2.45) is 0 Å². The number of halogens is 1. The van der Waals surface area contributed by atoms with E-state index in [1.807, 2.05) is 24.3 Å². The normalized spacial score (nSPS) is 16.3. The topological polar surface area (TPSA) is 79.7 Å². The molecule has 1 aliphatic rings. The number of ether oxygens (including phenoxy) is 1. The summed E-state index contributed by atoms with van der Waals surface area (Å²) >= 11 is 0. The Morgan fingerprint density at radius 1 is 1.10 bits per heavy atom. The Kier molecular flexibility index (Phi) is 4.54. The van der Waals surface area contributed by atoms with Crippen molar-refractivity contribution in [3.8, 4) is 17.0 Å². The first-order chi connectivity index (χ1) is 15.0. The first-order valence-corrected chi connectivity index (χ1v) is 9.85. The summed E-state index contributed by atoms with van der Waals surface area (Å²) in [7, 11) is 1.57. The van der Waals surface area contributed by atoms with Crippen LogP contribution in [0, 0.1) is 5.82 Å². The van der Waals surface area contributed by atoms with Crippen LogP contribution in [0.2, 0.25) is 0 Å². The lowest BCUT2D eigenvalue weighted by Gasteiger charge is -2.19. The second-order valence-electron chi connectivity index (χ2n) is 7.47. The zero-order chi connectivity index (χ0) is 21.5. The number of hydrogen-bond acceptors (Lipinski definition) is 4. The molecule has 5 rings (SSSR count). The van der Waals surface area contributed by atoms with Gasteiger partial charge in [-0.2, -0.15) is 0 Å². The lowest BCUT2D eigenvalue weighted by molar-refractivity contribution is -0.117. The summed E-state index contributed by atoms with van der Waals surface area (Å²) in [5.41, 5.74) is 2.85. The fourth-order valence-electron chi connectivity index (χ4n) is 3.99. The third-order valence-electron chi connectivity index (χ3n) is 5.54. The van der Waals surface area contributed by atoms with Crippen molar-refractivity contribution in [1.29, 1.82) is 0 Å². The summed E-state index contributed by atoms with van der Waals surface area (Å²) in [6.45, 7) is 0.414. The maximum Gasteiger partial charge on any atom is 0.272 e. The van der Waals surface area contributed by atoms with Crippen molar-refractivity contribution in [1.82, 2.24) is 14.6 Å². The Bertz CT molecular complexity index is 1340. The Morgan fingerprint density at radius 3 is 2.65 bits per heavy atom. The molecule has 8 heteroatoms. The molecule has 1 aliphatic heterocycles. The van der Waals surface area contributed by atoms with E-state index in [1.54, 1.807) is 30.2 Å². The second kappa shape index (κ2) is 7.39. The summed E-state index contributed by atoms with van der Waals surface area (Å²) in [5, 5.41) is 3.00. The molecule has 1 unspecified atom stereocenters. The number of methoxy groups -OCH3 is 1. The monoisotopic (exact) mass is 418 g/mol. The smallest absolute Gasteiger partial charge is 0.272 e. The van der Waals surface area contributed by atoms with Gasteiger partial charge in [0.1, 0.15) is 11.6 Å². The van der Waals surface area contributed by atoms with E-state index in [2.05, 4.69) is 10.1 Å². The number of amides is 1. The van der Waals surface area contributed by atoms with Gasteiger partial charge >= 0.3 is 0 Å². The number of H-pyrrole nitrogens is 1. The molecule has 0 radical (unpaired) electrons. The van der Waals surface area contributed by atoms with Crippen LogP contribution in [-0.4, -0.2) is 34.2 Å². The highest BCUT2D eigenvalue weighted by molar-refractivity contribution is 5.97. The van der Waals surface area contributed by atoms with Gasteiger partial charge in [-0.05, 0) is 42.0 Å². The van der Waals surface area contributed by atoms with Crippen molar-refractivity contribution < 1.29 is 13.9 Å². The van der Waals surface area contributed by atoms with Gasteiger partial charge < -0.3 is 9.64 Å². The van der Waals surface area contributed by atoms with Gasteiger partial charge in [0.05, 0.1) is 24.2 Å². The molecule has 156 valence electrons. The van der Waals surface area contributed by atoms with Crippen LogP contribution < -0.4 is 15.2 Å². The average molecular weight is 418 g/mol. The summed E-state index contributed by atoms with van der Waals surface area (Å²) in [4.78, 5) is 31.7. The van der Waals surface area contributed by atoms with Gasteiger partial charge in [-0.1, -0.05) is 12.1 Å². The van der Waals surface area contributed by atoms with Crippen molar-refractivity contribution in [2.45, 2.75) is 12.3 Å². The van der Waals surface area contributed by atoms with Crippen LogP contribution in [0.1, 0.15) is 18.0 Å². The van der Waals surface area contributed by atoms with E-state index < -0.39 is 0 Å². The van der Waals surface area contributed by atoms with E-state index in [-0.39, 0.29) is 29.6 Å². The number of para-hydroxylation sites is 2. The maximum absolute atomic E-state index is 13.2. The van der Waals surface area contributed by atoms with E-state index in [9.17, 15) is 14.0 Å². The molecule has 3 heterocycles. The third-order valence-corrected chi connectivity index (χ3v) is 5.54. The lowest BCUT2D eigenvalue weighted by atomic mass is 10.0. The Hall–Kier alpha value is -3.94. The Labute approximate surface area is 176 Å². The minimum Gasteiger partial charge on any atom is -0.495 e. The quantitative estimate of drug-likeness (QED) is 0.551. The van der Waals surface area contributed by atoms with Gasteiger partial charge in [0.2, 0.25) is 5.91 Å². The summed E-state index contributed by atoms with van der Waals surface area (Å²) in [6.07, 6.45) is 0.260. The highest BCUT2D eigenvalue weighted by Gasteiger charge is 2.34. The molecule has 1 atom stereocenters. The minimum atomic E-state index is -0.331. The molecule has 0 spiro atoms. The molecule has 0 bridgehead atoms. The number of aromatic nitrogens is 3. The Balaban J connectivity index is 1.48. The zero-order valence-corrected chi connectivity index (χ0v) is 16.7. The van der Waals surface area contributed by atoms with Gasteiger partial charge in [0, 0.05) is 31.0 Å². The SMILES string of the molecule is COc1ccccc1N1CC(c2cc(=O)n3[nH]c(-c4ccc(F)cc4)cc3n2)CC1=O. The van der Waals surface area contributed by atoms with Crippen molar-refractivity contribution in [2.75, 3.05) is 18.6 Å². The van der Waals surface area contributed by atoms with E-state index in [0.29, 0.717) is 35.0 Å². The van der Waals surface area contributed by atoms with E-state index in [0.717, 1.165) is 5.56 Å². The summed E-state index contributed by atoms with van der Waals surface area (Å²) in [5.74, 6) is 0.0364. The van der Waals surface area contributed by atoms with Gasteiger partial charge in [0.15, 0.2) is 5.65 Å². The molecule has 1 N–H and O–H groups in total. The highest BCUT2D eigenvalue weighted by Crippen LogP contribution is 2.35. The van der Waals surface area contributed by atoms with Crippen LogP contribution in [0.15, 0.2) is 65.5 Å². The zero-order valence-electron chi connectivity index (χ0n) is 16.7. The number of hydrogen-bond donors (Lipinski definition) is 1. The molecule has 0 aliphatic carbocycles. The number of anilines is 1. The van der Waals surface area contributed by atoms with E-state index in [4.69, 9.17) is 4.74 Å². The molecule has 1 fully saturated rings. The van der Waals surface area contributed by atoms with Crippen LogP contribution in [0.25, 0.3) is 16.9 Å². The van der Waals surface area contributed by atoms with Crippen LogP contribution in [-0.2, 0) is 4.79 Å². The van der Waals surface area contributed by atoms with Crippen molar-refractivity contribution >= 4 is 17.2 Å². The number of nitrogens with one attached hydrogen (secondary N) is 1. The number of carbonyl (C=O) groups is 1. The van der Waals surface area contributed by atoms with Gasteiger partial charge in [-0.25, -0.2) is 13.9 Å². The molecule has 4 aromatic rings. The predicted octanol–water partition coefficient (Wildman–Crippen LogP) is 3.36. The number of benzene rings is 2. The fourth-order valence-corrected chi connectivity index (χ4v) is 3.99.